The summed E-state index contributed by atoms with van der Waals surface area (Å²) in [6.45, 7) is 0.958. The molecule has 0 saturated carbocycles. The molecule has 29 heavy (non-hydrogen) atoms. The molecule has 0 bridgehead atoms. The number of nitrogens with two attached hydrogens (primary N) is 1. The first-order valence-corrected chi connectivity index (χ1v) is 9.11. The van der Waals surface area contributed by atoms with Crippen LogP contribution in [-0.4, -0.2) is 24.7 Å². The molecule has 7 heteroatoms. The highest BCUT2D eigenvalue weighted by Crippen LogP contribution is 2.28. The molecule has 1 aromatic heterocycles. The van der Waals surface area contributed by atoms with E-state index in [-0.39, 0.29) is 11.5 Å². The van der Waals surface area contributed by atoms with Crippen LogP contribution in [0.25, 0.3) is 0 Å². The number of nitrogens with one attached hydrogen (secondary N) is 1. The van der Waals surface area contributed by atoms with Gasteiger partial charge in [-0.15, -0.1) is 0 Å². The second kappa shape index (κ2) is 9.45. The molecule has 0 fully saturated rings. The number of ether oxygens (including phenoxy) is 2. The Kier molecular flexibility index (Phi) is 6.52. The molecule has 0 atom stereocenters. The van der Waals surface area contributed by atoms with Crippen LogP contribution in [0.4, 0.5) is 5.69 Å². The van der Waals surface area contributed by atoms with Gasteiger partial charge in [-0.25, -0.2) is 4.99 Å². The van der Waals surface area contributed by atoms with E-state index in [1.807, 2.05) is 36.4 Å². The molecular weight excluding hydrogens is 368 g/mol. The molecule has 2 aromatic carbocycles. The van der Waals surface area contributed by atoms with Gasteiger partial charge in [0, 0.05) is 18.3 Å². The smallest absolute Gasteiger partial charge is 0.250 e. The van der Waals surface area contributed by atoms with Gasteiger partial charge in [0.05, 0.1) is 33.0 Å². The minimum atomic E-state index is -0.0204. The van der Waals surface area contributed by atoms with E-state index in [9.17, 15) is 4.79 Å². The summed E-state index contributed by atoms with van der Waals surface area (Å²) in [4.78, 5) is 16.2. The first-order valence-electron chi connectivity index (χ1n) is 9.11. The Morgan fingerprint density at radius 2 is 1.79 bits per heavy atom. The Bertz CT molecular complexity index is 1040. The maximum Gasteiger partial charge on any atom is 0.250 e. The van der Waals surface area contributed by atoms with Gasteiger partial charge in [-0.2, -0.15) is 0 Å². The van der Waals surface area contributed by atoms with Crippen LogP contribution in [0.3, 0.4) is 0 Å². The summed E-state index contributed by atoms with van der Waals surface area (Å²) in [6.07, 6.45) is 1.78. The van der Waals surface area contributed by atoms with Crippen molar-refractivity contribution in [3.05, 3.63) is 88.3 Å². The van der Waals surface area contributed by atoms with Gasteiger partial charge in [0.25, 0.3) is 5.56 Å². The number of aromatic nitrogens is 1. The Labute approximate surface area is 169 Å². The third-order valence-corrected chi connectivity index (χ3v) is 4.38. The predicted molar refractivity (Wildman–Crippen MR) is 115 cm³/mol. The summed E-state index contributed by atoms with van der Waals surface area (Å²) in [5.41, 5.74) is 8.73. The van der Waals surface area contributed by atoms with Gasteiger partial charge in [-0.05, 0) is 29.3 Å². The lowest BCUT2D eigenvalue weighted by molar-refractivity contribution is 0.405. The van der Waals surface area contributed by atoms with Gasteiger partial charge in [0.15, 0.2) is 5.96 Å². The predicted octanol–water partition coefficient (Wildman–Crippen LogP) is 2.84. The van der Waals surface area contributed by atoms with Gasteiger partial charge in [-0.3, -0.25) is 4.79 Å². The minimum absolute atomic E-state index is 0.0204. The summed E-state index contributed by atoms with van der Waals surface area (Å²) in [6, 6.07) is 18.5. The lowest BCUT2D eigenvalue weighted by Crippen LogP contribution is -2.23. The molecule has 0 aliphatic carbocycles. The first kappa shape index (κ1) is 20.0. The molecule has 0 unspecified atom stereocenters. The average molecular weight is 392 g/mol. The maximum atomic E-state index is 11.8. The van der Waals surface area contributed by atoms with Crippen LogP contribution in [-0.2, 0) is 13.1 Å². The molecule has 3 rings (SSSR count). The fourth-order valence-corrected chi connectivity index (χ4v) is 2.80. The molecule has 0 aliphatic heterocycles. The van der Waals surface area contributed by atoms with E-state index >= 15 is 0 Å². The molecule has 0 saturated heterocycles. The maximum absolute atomic E-state index is 11.8. The number of rotatable bonds is 7. The molecule has 7 nitrogen and oxygen atoms in total. The van der Waals surface area contributed by atoms with Gasteiger partial charge < -0.3 is 25.1 Å². The van der Waals surface area contributed by atoms with Crippen molar-refractivity contribution in [3.63, 3.8) is 0 Å². The highest BCUT2D eigenvalue weighted by Gasteiger charge is 2.06. The van der Waals surface area contributed by atoms with E-state index in [1.165, 1.54) is 0 Å². The number of nitrogens with zero attached hydrogens (tertiary/aromatic N) is 2. The van der Waals surface area contributed by atoms with Crippen molar-refractivity contribution >= 4 is 11.6 Å². The number of hydrogen-bond donors (Lipinski definition) is 2. The van der Waals surface area contributed by atoms with Crippen LogP contribution in [0.1, 0.15) is 11.1 Å². The average Bonchev–Trinajstić information content (AvgIpc) is 2.75. The number of anilines is 1. The van der Waals surface area contributed by atoms with Crippen molar-refractivity contribution in [1.82, 2.24) is 4.57 Å². The molecule has 3 N–H and O–H groups in total. The molecule has 0 aliphatic rings. The zero-order valence-corrected chi connectivity index (χ0v) is 16.5. The van der Waals surface area contributed by atoms with E-state index in [2.05, 4.69) is 10.3 Å². The largest absolute Gasteiger partial charge is 0.497 e. The van der Waals surface area contributed by atoms with Gasteiger partial charge in [0.1, 0.15) is 11.5 Å². The number of aliphatic imine (C=N–C) groups is 1. The molecule has 0 spiro atoms. The van der Waals surface area contributed by atoms with Crippen molar-refractivity contribution in [2.24, 2.45) is 10.7 Å². The summed E-state index contributed by atoms with van der Waals surface area (Å²) in [7, 11) is 3.19. The third kappa shape index (κ3) is 5.38. The van der Waals surface area contributed by atoms with Crippen molar-refractivity contribution in [2.75, 3.05) is 19.5 Å². The van der Waals surface area contributed by atoms with Crippen molar-refractivity contribution in [3.8, 4) is 11.5 Å². The number of hydrogen-bond acceptors (Lipinski definition) is 4. The second-order valence-corrected chi connectivity index (χ2v) is 6.38. The highest BCUT2D eigenvalue weighted by molar-refractivity contribution is 5.94. The van der Waals surface area contributed by atoms with Crippen LogP contribution >= 0.6 is 0 Å². The summed E-state index contributed by atoms with van der Waals surface area (Å²) < 4.78 is 12.2. The van der Waals surface area contributed by atoms with Gasteiger partial charge in [0.2, 0.25) is 0 Å². The zero-order chi connectivity index (χ0) is 20.6. The topological polar surface area (TPSA) is 90.9 Å². The molecule has 150 valence electrons. The fourth-order valence-electron chi connectivity index (χ4n) is 2.80. The Morgan fingerprint density at radius 1 is 1.03 bits per heavy atom. The van der Waals surface area contributed by atoms with E-state index in [1.54, 1.807) is 49.2 Å². The van der Waals surface area contributed by atoms with Gasteiger partial charge in [-0.1, -0.05) is 30.3 Å². The first-order chi connectivity index (χ1) is 14.1. The Hall–Kier alpha value is -3.74. The standard InChI is InChI=1S/C22H24N4O3/c1-28-18-10-11-20(29-2)19(13-18)25-22(23)24-14-16-6-8-17(9-7-16)15-26-12-4-3-5-21(26)27/h3-13H,14-15H2,1-2H3,(H3,23,24,25). The van der Waals surface area contributed by atoms with E-state index in [0.717, 1.165) is 11.1 Å². The summed E-state index contributed by atoms with van der Waals surface area (Å²) in [5, 5.41) is 3.04. The van der Waals surface area contributed by atoms with Gasteiger partial charge >= 0.3 is 0 Å². The van der Waals surface area contributed by atoms with Crippen LogP contribution in [0.15, 0.2) is 76.6 Å². The zero-order valence-electron chi connectivity index (χ0n) is 16.5. The van der Waals surface area contributed by atoms with Crippen molar-refractivity contribution in [1.29, 1.82) is 0 Å². The number of methoxy groups -OCH3 is 2. The quantitative estimate of drug-likeness (QED) is 0.477. The van der Waals surface area contributed by atoms with Crippen LogP contribution in [0.2, 0.25) is 0 Å². The van der Waals surface area contributed by atoms with Crippen LogP contribution in [0, 0.1) is 0 Å². The molecule has 3 aromatic rings. The molecule has 1 heterocycles. The number of guanidine groups is 1. The summed E-state index contributed by atoms with van der Waals surface area (Å²) >= 11 is 0. The van der Waals surface area contributed by atoms with Crippen molar-refractivity contribution < 1.29 is 9.47 Å². The minimum Gasteiger partial charge on any atom is -0.497 e. The molecule has 0 radical (unpaired) electrons. The SMILES string of the molecule is COc1ccc(OC)c(NC(N)=NCc2ccc(Cn3ccccc3=O)cc2)c1. The molecular formula is C22H24N4O3. The molecule has 0 amide bonds. The fraction of sp³-hybridized carbons (Fsp3) is 0.182. The highest BCUT2D eigenvalue weighted by atomic mass is 16.5. The van der Waals surface area contributed by atoms with E-state index in [0.29, 0.717) is 30.3 Å². The number of benzene rings is 2. The van der Waals surface area contributed by atoms with Crippen LogP contribution in [0.5, 0.6) is 11.5 Å². The van der Waals surface area contributed by atoms with Crippen molar-refractivity contribution in [2.45, 2.75) is 13.1 Å². The monoisotopic (exact) mass is 392 g/mol. The lowest BCUT2D eigenvalue weighted by Gasteiger charge is -2.12. The number of pyridine rings is 1. The normalized spacial score (nSPS) is 11.2. The Balaban J connectivity index is 1.64. The Morgan fingerprint density at radius 3 is 2.48 bits per heavy atom. The third-order valence-electron chi connectivity index (χ3n) is 4.38. The van der Waals surface area contributed by atoms with E-state index in [4.69, 9.17) is 15.2 Å². The summed E-state index contributed by atoms with van der Waals surface area (Å²) in [5.74, 6) is 1.61. The van der Waals surface area contributed by atoms with Crippen LogP contribution < -0.4 is 26.1 Å². The van der Waals surface area contributed by atoms with E-state index < -0.39 is 0 Å². The second-order valence-electron chi connectivity index (χ2n) is 6.38. The lowest BCUT2D eigenvalue weighted by atomic mass is 10.1.